The number of benzene rings is 1. The second kappa shape index (κ2) is 3.01. The largest absolute Gasteiger partial charge is 0.416 e. The zero-order valence-electron chi connectivity index (χ0n) is 7.17. The molecule has 0 aromatic heterocycles. The van der Waals surface area contributed by atoms with Gasteiger partial charge in [0, 0.05) is 0 Å². The molecule has 0 spiro atoms. The predicted molar refractivity (Wildman–Crippen MR) is 40.9 cm³/mol. The Morgan fingerprint density at radius 1 is 1.08 bits per heavy atom. The third kappa shape index (κ3) is 1.82. The second-order valence-electron chi connectivity index (χ2n) is 2.87. The van der Waals surface area contributed by atoms with E-state index in [4.69, 9.17) is 0 Å². The zero-order chi connectivity index (χ0) is 10.2. The lowest BCUT2D eigenvalue weighted by Crippen LogP contribution is -2.09. The molecule has 1 rings (SSSR count). The Balaban J connectivity index is 3.35. The van der Waals surface area contributed by atoms with Crippen molar-refractivity contribution in [1.29, 1.82) is 0 Å². The second-order valence-corrected chi connectivity index (χ2v) is 2.87. The van der Waals surface area contributed by atoms with Crippen LogP contribution in [0.25, 0.3) is 0 Å². The molecule has 0 nitrogen and oxygen atoms in total. The van der Waals surface area contributed by atoms with E-state index in [1.807, 2.05) is 0 Å². The summed E-state index contributed by atoms with van der Waals surface area (Å²) < 4.78 is 49.6. The van der Waals surface area contributed by atoms with E-state index < -0.39 is 17.6 Å². The summed E-state index contributed by atoms with van der Waals surface area (Å²) in [4.78, 5) is 0. The molecule has 0 radical (unpaired) electrons. The Morgan fingerprint density at radius 2 is 1.62 bits per heavy atom. The highest BCUT2D eigenvalue weighted by atomic mass is 19.4. The predicted octanol–water partition coefficient (Wildman–Crippen LogP) is 3.46. The van der Waals surface area contributed by atoms with E-state index >= 15 is 0 Å². The van der Waals surface area contributed by atoms with Crippen LogP contribution in [0.2, 0.25) is 0 Å². The molecule has 0 amide bonds. The van der Waals surface area contributed by atoms with Gasteiger partial charge in [0.15, 0.2) is 0 Å². The van der Waals surface area contributed by atoms with E-state index in [2.05, 4.69) is 0 Å². The van der Waals surface area contributed by atoms with E-state index in [9.17, 15) is 17.6 Å². The highest BCUT2D eigenvalue weighted by molar-refractivity contribution is 5.34. The van der Waals surface area contributed by atoms with E-state index in [-0.39, 0.29) is 11.1 Å². The van der Waals surface area contributed by atoms with Gasteiger partial charge in [0.25, 0.3) is 0 Å². The minimum atomic E-state index is -4.47. The third-order valence-electron chi connectivity index (χ3n) is 1.88. The monoisotopic (exact) mass is 192 g/mol. The molecule has 0 unspecified atom stereocenters. The van der Waals surface area contributed by atoms with Crippen LogP contribution in [0.3, 0.4) is 0 Å². The molecule has 72 valence electrons. The standard InChI is InChI=1S/C9H8F4/c1-5-3-4-7(9(11,12)13)6(2)8(5)10/h3-4H,1-2H3. The van der Waals surface area contributed by atoms with Gasteiger partial charge in [0.2, 0.25) is 0 Å². The summed E-state index contributed by atoms with van der Waals surface area (Å²) >= 11 is 0. The van der Waals surface area contributed by atoms with Gasteiger partial charge in [-0.2, -0.15) is 13.2 Å². The van der Waals surface area contributed by atoms with Crippen LogP contribution in [-0.2, 0) is 6.18 Å². The first-order valence-corrected chi connectivity index (χ1v) is 3.67. The molecule has 0 saturated heterocycles. The fourth-order valence-electron chi connectivity index (χ4n) is 1.13. The van der Waals surface area contributed by atoms with Crippen molar-refractivity contribution in [3.8, 4) is 0 Å². The number of alkyl halides is 3. The summed E-state index contributed by atoms with van der Waals surface area (Å²) in [5.74, 6) is -0.783. The number of hydrogen-bond acceptors (Lipinski definition) is 0. The number of hydrogen-bond donors (Lipinski definition) is 0. The molecule has 0 aliphatic carbocycles. The average molecular weight is 192 g/mol. The van der Waals surface area contributed by atoms with Crippen LogP contribution in [0.1, 0.15) is 16.7 Å². The van der Waals surface area contributed by atoms with E-state index in [0.717, 1.165) is 19.1 Å². The van der Waals surface area contributed by atoms with Crippen molar-refractivity contribution in [3.63, 3.8) is 0 Å². The average Bonchev–Trinajstić information content (AvgIpc) is 1.98. The van der Waals surface area contributed by atoms with Crippen molar-refractivity contribution >= 4 is 0 Å². The Hall–Kier alpha value is -1.06. The lowest BCUT2D eigenvalue weighted by molar-refractivity contribution is -0.138. The van der Waals surface area contributed by atoms with Crippen LogP contribution in [-0.4, -0.2) is 0 Å². The van der Waals surface area contributed by atoms with Crippen LogP contribution in [0.4, 0.5) is 17.6 Å². The lowest BCUT2D eigenvalue weighted by atomic mass is 10.0. The zero-order valence-corrected chi connectivity index (χ0v) is 7.17. The topological polar surface area (TPSA) is 0 Å². The first-order chi connectivity index (χ1) is 5.84. The fraction of sp³-hybridized carbons (Fsp3) is 0.333. The summed E-state index contributed by atoms with van der Waals surface area (Å²) in [6.45, 7) is 2.56. The smallest absolute Gasteiger partial charge is 0.206 e. The Bertz CT molecular complexity index is 325. The summed E-state index contributed by atoms with van der Waals surface area (Å²) in [6.07, 6.45) is -4.47. The van der Waals surface area contributed by atoms with Crippen LogP contribution >= 0.6 is 0 Å². The van der Waals surface area contributed by atoms with Gasteiger partial charge in [-0.05, 0) is 31.0 Å². The quantitative estimate of drug-likeness (QED) is 0.552. The van der Waals surface area contributed by atoms with Crippen molar-refractivity contribution < 1.29 is 17.6 Å². The molecule has 1 aromatic carbocycles. The maximum absolute atomic E-state index is 13.0. The number of aryl methyl sites for hydroxylation is 1. The third-order valence-corrected chi connectivity index (χ3v) is 1.88. The Labute approximate surface area is 73.2 Å². The molecule has 0 aliphatic rings. The van der Waals surface area contributed by atoms with Crippen LogP contribution in [0.15, 0.2) is 12.1 Å². The highest BCUT2D eigenvalue weighted by Crippen LogP contribution is 2.33. The lowest BCUT2D eigenvalue weighted by Gasteiger charge is -2.11. The number of rotatable bonds is 0. The van der Waals surface area contributed by atoms with Crippen molar-refractivity contribution in [2.45, 2.75) is 20.0 Å². The molecule has 0 heterocycles. The minimum absolute atomic E-state index is 0.227. The molecule has 0 N–H and O–H groups in total. The van der Waals surface area contributed by atoms with Crippen molar-refractivity contribution in [1.82, 2.24) is 0 Å². The molecule has 4 heteroatoms. The van der Waals surface area contributed by atoms with Crippen LogP contribution < -0.4 is 0 Å². The van der Waals surface area contributed by atoms with Gasteiger partial charge in [-0.15, -0.1) is 0 Å². The molecular formula is C9H8F4. The fourth-order valence-corrected chi connectivity index (χ4v) is 1.13. The first kappa shape index (κ1) is 10.0. The summed E-state index contributed by atoms with van der Waals surface area (Å²) in [6, 6.07) is 2.03. The molecule has 1 aromatic rings. The SMILES string of the molecule is Cc1ccc(C(F)(F)F)c(C)c1F. The molecule has 13 heavy (non-hydrogen) atoms. The van der Waals surface area contributed by atoms with Gasteiger partial charge in [-0.25, -0.2) is 4.39 Å². The molecule has 0 fully saturated rings. The molecular weight excluding hydrogens is 184 g/mol. The Morgan fingerprint density at radius 3 is 2.08 bits per heavy atom. The number of halogens is 4. The molecule has 0 aliphatic heterocycles. The van der Waals surface area contributed by atoms with E-state index in [1.165, 1.54) is 6.92 Å². The molecule has 0 saturated carbocycles. The summed E-state index contributed by atoms with van der Waals surface area (Å²) in [5, 5.41) is 0. The van der Waals surface area contributed by atoms with Gasteiger partial charge < -0.3 is 0 Å². The van der Waals surface area contributed by atoms with Crippen LogP contribution in [0.5, 0.6) is 0 Å². The van der Waals surface area contributed by atoms with Gasteiger partial charge in [-0.3, -0.25) is 0 Å². The normalized spacial score (nSPS) is 11.8. The van der Waals surface area contributed by atoms with Gasteiger partial charge in [0.05, 0.1) is 5.56 Å². The molecule has 0 atom stereocenters. The summed E-state index contributed by atoms with van der Waals surface area (Å²) in [7, 11) is 0. The first-order valence-electron chi connectivity index (χ1n) is 3.67. The minimum Gasteiger partial charge on any atom is -0.206 e. The maximum atomic E-state index is 13.0. The van der Waals surface area contributed by atoms with Crippen molar-refractivity contribution in [2.24, 2.45) is 0 Å². The maximum Gasteiger partial charge on any atom is 0.416 e. The van der Waals surface area contributed by atoms with Crippen LogP contribution in [0, 0.1) is 19.7 Å². The Kier molecular flexibility index (Phi) is 2.32. The molecule has 0 bridgehead atoms. The van der Waals surface area contributed by atoms with Gasteiger partial charge in [0.1, 0.15) is 5.82 Å². The van der Waals surface area contributed by atoms with E-state index in [1.54, 1.807) is 0 Å². The van der Waals surface area contributed by atoms with Crippen molar-refractivity contribution in [2.75, 3.05) is 0 Å². The highest BCUT2D eigenvalue weighted by Gasteiger charge is 2.33. The van der Waals surface area contributed by atoms with Gasteiger partial charge in [-0.1, -0.05) is 6.07 Å². The summed E-state index contributed by atoms with van der Waals surface area (Å²) in [5.41, 5.74) is -1.02. The van der Waals surface area contributed by atoms with Crippen molar-refractivity contribution in [3.05, 3.63) is 34.6 Å². The van der Waals surface area contributed by atoms with Gasteiger partial charge >= 0.3 is 6.18 Å². The van der Waals surface area contributed by atoms with E-state index in [0.29, 0.717) is 0 Å².